The van der Waals surface area contributed by atoms with E-state index in [2.05, 4.69) is 14.3 Å². The molecule has 3 aromatic rings. The molecule has 0 bridgehead atoms. The number of ether oxygens (including phenoxy) is 2. The lowest BCUT2D eigenvalue weighted by Gasteiger charge is -2.04. The summed E-state index contributed by atoms with van der Waals surface area (Å²) < 4.78 is 13.0. The monoisotopic (exact) mass is 416 g/mol. The predicted molar refractivity (Wildman–Crippen MR) is 112 cm³/mol. The Bertz CT molecular complexity index is 1070. The van der Waals surface area contributed by atoms with Crippen molar-refractivity contribution in [2.45, 2.75) is 6.54 Å². The molecule has 0 aliphatic heterocycles. The molecule has 6 nitrogen and oxygen atoms in total. The molecule has 8 heteroatoms. The van der Waals surface area contributed by atoms with Crippen LogP contribution in [0.5, 0.6) is 5.75 Å². The standard InChI is InChI=1S/C20H20N2O4S2/c1-25-15-8-9-16-17(12-15)28-20(22(16)10-11-27-3)21-18(23)13-4-6-14(7-5-13)19(24)26-2/h4-9,12H,10-11H2,1-3H3. The SMILES string of the molecule is COC(=O)c1ccc(C(=O)N=c2sc3cc(OC)ccc3n2CCSC)cc1. The molecule has 2 aromatic carbocycles. The van der Waals surface area contributed by atoms with Crippen molar-refractivity contribution in [1.82, 2.24) is 4.57 Å². The zero-order valence-corrected chi connectivity index (χ0v) is 17.4. The van der Waals surface area contributed by atoms with Gasteiger partial charge in [0.15, 0.2) is 4.80 Å². The van der Waals surface area contributed by atoms with Crippen LogP contribution in [-0.2, 0) is 11.3 Å². The van der Waals surface area contributed by atoms with Crippen molar-refractivity contribution in [1.29, 1.82) is 0 Å². The molecule has 28 heavy (non-hydrogen) atoms. The highest BCUT2D eigenvalue weighted by Gasteiger charge is 2.11. The largest absolute Gasteiger partial charge is 0.497 e. The lowest BCUT2D eigenvalue weighted by molar-refractivity contribution is 0.0600. The van der Waals surface area contributed by atoms with E-state index in [1.807, 2.05) is 24.5 Å². The van der Waals surface area contributed by atoms with Gasteiger partial charge < -0.3 is 14.0 Å². The molecule has 0 fully saturated rings. The first kappa shape index (κ1) is 20.2. The number of aryl methyl sites for hydroxylation is 1. The van der Waals surface area contributed by atoms with Gasteiger partial charge in [-0.25, -0.2) is 4.79 Å². The van der Waals surface area contributed by atoms with Crippen LogP contribution in [0.4, 0.5) is 0 Å². The predicted octanol–water partition coefficient (Wildman–Crippen LogP) is 3.60. The van der Waals surface area contributed by atoms with Crippen molar-refractivity contribution in [2.24, 2.45) is 4.99 Å². The molecule has 0 saturated carbocycles. The van der Waals surface area contributed by atoms with Crippen molar-refractivity contribution in [3.8, 4) is 5.75 Å². The van der Waals surface area contributed by atoms with Crippen LogP contribution in [0.15, 0.2) is 47.5 Å². The van der Waals surface area contributed by atoms with E-state index in [-0.39, 0.29) is 5.91 Å². The number of thioether (sulfide) groups is 1. The fourth-order valence-corrected chi connectivity index (χ4v) is 4.13. The second kappa shape index (κ2) is 9.07. The Labute approximate surface area is 170 Å². The number of amides is 1. The summed E-state index contributed by atoms with van der Waals surface area (Å²) in [5.74, 6) is 0.881. The fourth-order valence-electron chi connectivity index (χ4n) is 2.68. The number of nitrogens with zero attached hydrogens (tertiary/aromatic N) is 2. The Morgan fingerprint density at radius 1 is 1.11 bits per heavy atom. The number of rotatable bonds is 6. The molecular formula is C20H20N2O4S2. The summed E-state index contributed by atoms with van der Waals surface area (Å²) >= 11 is 3.19. The molecule has 0 saturated heterocycles. The summed E-state index contributed by atoms with van der Waals surface area (Å²) in [6.07, 6.45) is 2.04. The van der Waals surface area contributed by atoms with Gasteiger partial charge in [-0.1, -0.05) is 11.3 Å². The van der Waals surface area contributed by atoms with Crippen LogP contribution in [0.25, 0.3) is 10.2 Å². The maximum atomic E-state index is 12.7. The van der Waals surface area contributed by atoms with Crippen molar-refractivity contribution in [3.63, 3.8) is 0 Å². The zero-order chi connectivity index (χ0) is 20.1. The summed E-state index contributed by atoms with van der Waals surface area (Å²) in [5, 5.41) is 0. The Hall–Kier alpha value is -2.58. The van der Waals surface area contributed by atoms with Gasteiger partial charge in [-0.3, -0.25) is 4.79 Å². The van der Waals surface area contributed by atoms with Crippen molar-refractivity contribution >= 4 is 45.2 Å². The van der Waals surface area contributed by atoms with E-state index in [1.165, 1.54) is 18.4 Å². The van der Waals surface area contributed by atoms with E-state index in [0.29, 0.717) is 15.9 Å². The van der Waals surface area contributed by atoms with Gasteiger partial charge in [0.25, 0.3) is 5.91 Å². The Morgan fingerprint density at radius 2 is 1.82 bits per heavy atom. The lowest BCUT2D eigenvalue weighted by Crippen LogP contribution is -2.18. The van der Waals surface area contributed by atoms with E-state index in [1.54, 1.807) is 43.1 Å². The summed E-state index contributed by atoms with van der Waals surface area (Å²) in [6.45, 7) is 0.751. The topological polar surface area (TPSA) is 69.9 Å². The highest BCUT2D eigenvalue weighted by atomic mass is 32.2. The highest BCUT2D eigenvalue weighted by Crippen LogP contribution is 2.23. The number of carbonyl (C=O) groups is 2. The van der Waals surface area contributed by atoms with Crippen molar-refractivity contribution < 1.29 is 19.1 Å². The minimum Gasteiger partial charge on any atom is -0.497 e. The van der Waals surface area contributed by atoms with Crippen LogP contribution in [-0.4, -0.2) is 42.7 Å². The van der Waals surface area contributed by atoms with Crippen molar-refractivity contribution in [3.05, 3.63) is 58.4 Å². The first-order valence-corrected chi connectivity index (χ1v) is 10.7. The number of esters is 1. The Kier molecular flexibility index (Phi) is 6.53. The zero-order valence-electron chi connectivity index (χ0n) is 15.8. The average molecular weight is 417 g/mol. The smallest absolute Gasteiger partial charge is 0.337 e. The van der Waals surface area contributed by atoms with Crippen LogP contribution in [0.2, 0.25) is 0 Å². The molecule has 0 unspecified atom stereocenters. The van der Waals surface area contributed by atoms with Crippen molar-refractivity contribution in [2.75, 3.05) is 26.2 Å². The third-order valence-corrected chi connectivity index (χ3v) is 5.79. The van der Waals surface area contributed by atoms with Crippen LogP contribution in [0, 0.1) is 0 Å². The molecule has 0 spiro atoms. The number of thiazole rings is 1. The summed E-state index contributed by atoms with van der Waals surface area (Å²) in [5.41, 5.74) is 1.83. The van der Waals surface area contributed by atoms with E-state index < -0.39 is 5.97 Å². The number of benzene rings is 2. The first-order chi connectivity index (χ1) is 13.6. The summed E-state index contributed by atoms with van der Waals surface area (Å²) in [7, 11) is 2.95. The first-order valence-electron chi connectivity index (χ1n) is 8.51. The number of carbonyl (C=O) groups excluding carboxylic acids is 2. The molecule has 0 aliphatic rings. The minimum atomic E-state index is -0.440. The molecule has 146 valence electrons. The Balaban J connectivity index is 2.01. The summed E-state index contributed by atoms with van der Waals surface area (Å²) in [6, 6.07) is 12.1. The third-order valence-electron chi connectivity index (χ3n) is 4.16. The van der Waals surface area contributed by atoms with E-state index in [9.17, 15) is 9.59 Å². The fraction of sp³-hybridized carbons (Fsp3) is 0.250. The van der Waals surface area contributed by atoms with Gasteiger partial charge in [-0.2, -0.15) is 16.8 Å². The molecule has 0 N–H and O–H groups in total. The number of aromatic nitrogens is 1. The normalized spacial score (nSPS) is 11.6. The molecular weight excluding hydrogens is 396 g/mol. The molecule has 1 aromatic heterocycles. The summed E-state index contributed by atoms with van der Waals surface area (Å²) in [4.78, 5) is 29.2. The van der Waals surface area contributed by atoms with Gasteiger partial charge >= 0.3 is 5.97 Å². The highest BCUT2D eigenvalue weighted by molar-refractivity contribution is 7.98. The third kappa shape index (κ3) is 4.28. The molecule has 0 aliphatic carbocycles. The quantitative estimate of drug-likeness (QED) is 0.574. The number of hydrogen-bond acceptors (Lipinski definition) is 6. The molecule has 3 rings (SSSR count). The minimum absolute atomic E-state index is 0.354. The molecule has 1 amide bonds. The van der Waals surface area contributed by atoms with Gasteiger partial charge in [0.05, 0.1) is 30.0 Å². The van der Waals surface area contributed by atoms with E-state index >= 15 is 0 Å². The van der Waals surface area contributed by atoms with E-state index in [0.717, 1.165) is 28.3 Å². The van der Waals surface area contributed by atoms with Gasteiger partial charge in [0.1, 0.15) is 5.75 Å². The van der Waals surface area contributed by atoms with Gasteiger partial charge in [-0.05, 0) is 48.7 Å². The second-order valence-electron chi connectivity index (χ2n) is 5.85. The van der Waals surface area contributed by atoms with Crippen LogP contribution >= 0.6 is 23.1 Å². The Morgan fingerprint density at radius 3 is 2.46 bits per heavy atom. The number of hydrogen-bond donors (Lipinski definition) is 0. The van der Waals surface area contributed by atoms with Gasteiger partial charge in [-0.15, -0.1) is 0 Å². The van der Waals surface area contributed by atoms with Gasteiger partial charge in [0, 0.05) is 17.9 Å². The maximum absolute atomic E-state index is 12.7. The maximum Gasteiger partial charge on any atom is 0.337 e. The lowest BCUT2D eigenvalue weighted by atomic mass is 10.1. The van der Waals surface area contributed by atoms with Gasteiger partial charge in [0.2, 0.25) is 0 Å². The second-order valence-corrected chi connectivity index (χ2v) is 7.84. The van der Waals surface area contributed by atoms with E-state index in [4.69, 9.17) is 4.74 Å². The van der Waals surface area contributed by atoms with Crippen LogP contribution < -0.4 is 9.54 Å². The average Bonchev–Trinajstić information content (AvgIpc) is 3.07. The molecule has 1 heterocycles. The number of methoxy groups -OCH3 is 2. The van der Waals surface area contributed by atoms with Crippen LogP contribution in [0.1, 0.15) is 20.7 Å². The van der Waals surface area contributed by atoms with Crippen LogP contribution in [0.3, 0.4) is 0 Å². The molecule has 0 radical (unpaired) electrons. The number of fused-ring (bicyclic) bond motifs is 1. The molecule has 0 atom stereocenters.